The van der Waals surface area contributed by atoms with Gasteiger partial charge in [0.15, 0.2) is 5.76 Å². The van der Waals surface area contributed by atoms with Gasteiger partial charge in [-0.2, -0.15) is 5.10 Å². The zero-order chi connectivity index (χ0) is 20.1. The Kier molecular flexibility index (Phi) is 5.24. The first-order valence-electron chi connectivity index (χ1n) is 8.94. The Morgan fingerprint density at radius 2 is 1.86 bits per heavy atom. The van der Waals surface area contributed by atoms with E-state index in [-0.39, 0.29) is 24.6 Å². The van der Waals surface area contributed by atoms with Crippen molar-refractivity contribution in [1.29, 1.82) is 0 Å². The smallest absolute Gasteiger partial charge is 0.267 e. The van der Waals surface area contributed by atoms with Crippen LogP contribution in [0.5, 0.6) is 0 Å². The van der Waals surface area contributed by atoms with Gasteiger partial charge in [0.1, 0.15) is 18.6 Å². The molecule has 0 saturated carbocycles. The van der Waals surface area contributed by atoms with Crippen molar-refractivity contribution < 1.29 is 9.21 Å². The number of aromatic nitrogens is 4. The number of amides is 1. The van der Waals surface area contributed by atoms with Gasteiger partial charge in [-0.1, -0.05) is 30.3 Å². The predicted octanol–water partition coefficient (Wildman–Crippen LogP) is 2.28. The van der Waals surface area contributed by atoms with Crippen molar-refractivity contribution in [2.75, 3.05) is 0 Å². The van der Waals surface area contributed by atoms with Gasteiger partial charge < -0.3 is 9.73 Å². The van der Waals surface area contributed by atoms with Gasteiger partial charge in [0.2, 0.25) is 5.91 Å². The fourth-order valence-corrected chi connectivity index (χ4v) is 2.76. The summed E-state index contributed by atoms with van der Waals surface area (Å²) in [5.41, 5.74) is 2.51. The van der Waals surface area contributed by atoms with Crippen molar-refractivity contribution >= 4 is 5.91 Å². The molecular weight excluding hydrogens is 370 g/mol. The van der Waals surface area contributed by atoms with Gasteiger partial charge in [0, 0.05) is 11.6 Å². The van der Waals surface area contributed by atoms with Crippen LogP contribution in [0.25, 0.3) is 22.7 Å². The lowest BCUT2D eigenvalue weighted by Crippen LogP contribution is -2.33. The van der Waals surface area contributed by atoms with E-state index in [1.807, 2.05) is 36.4 Å². The average molecular weight is 387 g/mol. The molecule has 1 aromatic carbocycles. The van der Waals surface area contributed by atoms with E-state index in [4.69, 9.17) is 4.42 Å². The van der Waals surface area contributed by atoms with Crippen LogP contribution in [-0.4, -0.2) is 25.7 Å². The molecule has 0 aliphatic rings. The Morgan fingerprint density at radius 3 is 2.66 bits per heavy atom. The minimum atomic E-state index is -0.371. The molecule has 3 aromatic heterocycles. The molecule has 144 valence electrons. The second-order valence-electron chi connectivity index (χ2n) is 6.23. The minimum absolute atomic E-state index is 0.204. The van der Waals surface area contributed by atoms with Gasteiger partial charge in [-0.15, -0.1) is 0 Å². The monoisotopic (exact) mass is 387 g/mol. The summed E-state index contributed by atoms with van der Waals surface area (Å²) in [7, 11) is 0. The van der Waals surface area contributed by atoms with E-state index in [0.29, 0.717) is 17.1 Å². The summed E-state index contributed by atoms with van der Waals surface area (Å²) in [6.07, 6.45) is 2.98. The molecule has 0 aliphatic heterocycles. The van der Waals surface area contributed by atoms with Crippen LogP contribution in [0.15, 0.2) is 82.5 Å². The maximum atomic E-state index is 12.3. The maximum absolute atomic E-state index is 12.3. The summed E-state index contributed by atoms with van der Waals surface area (Å²) >= 11 is 0. The first-order chi connectivity index (χ1) is 14.2. The molecule has 8 nitrogen and oxygen atoms in total. The molecule has 0 aliphatic carbocycles. The number of rotatable bonds is 6. The molecule has 3 heterocycles. The van der Waals surface area contributed by atoms with Crippen LogP contribution < -0.4 is 10.9 Å². The van der Waals surface area contributed by atoms with Crippen LogP contribution >= 0.6 is 0 Å². The quantitative estimate of drug-likeness (QED) is 0.544. The molecule has 0 fully saturated rings. The lowest BCUT2D eigenvalue weighted by atomic mass is 10.1. The molecule has 0 spiro atoms. The molecule has 0 radical (unpaired) electrons. The Labute approximate surface area is 165 Å². The Hall–Kier alpha value is -4.07. The SMILES string of the molecule is O=C(Cn1nc(-c2ccco2)ccc1=O)NCc1cc(-c2ccccc2)ncn1. The lowest BCUT2D eigenvalue weighted by Gasteiger charge is -2.08. The molecule has 4 aromatic rings. The average Bonchev–Trinajstić information content (AvgIpc) is 3.30. The van der Waals surface area contributed by atoms with Crippen LogP contribution in [0.1, 0.15) is 5.69 Å². The number of carbonyl (C=O) groups is 1. The van der Waals surface area contributed by atoms with E-state index in [1.165, 1.54) is 18.7 Å². The fraction of sp³-hybridized carbons (Fsp3) is 0.0952. The Morgan fingerprint density at radius 1 is 1.00 bits per heavy atom. The molecule has 0 unspecified atom stereocenters. The highest BCUT2D eigenvalue weighted by atomic mass is 16.3. The summed E-state index contributed by atoms with van der Waals surface area (Å²) in [6.45, 7) is 0.0117. The molecule has 1 amide bonds. The van der Waals surface area contributed by atoms with Crippen LogP contribution in [-0.2, 0) is 17.9 Å². The zero-order valence-electron chi connectivity index (χ0n) is 15.4. The van der Waals surface area contributed by atoms with Gasteiger partial charge in [0.25, 0.3) is 5.56 Å². The van der Waals surface area contributed by atoms with E-state index in [0.717, 1.165) is 15.9 Å². The molecular formula is C21H17N5O3. The molecule has 1 N–H and O–H groups in total. The summed E-state index contributed by atoms with van der Waals surface area (Å²) < 4.78 is 6.38. The molecule has 0 atom stereocenters. The van der Waals surface area contributed by atoms with Crippen molar-refractivity contribution in [3.05, 3.63) is 89.3 Å². The normalized spacial score (nSPS) is 10.6. The summed E-state index contributed by atoms with van der Waals surface area (Å²) in [5.74, 6) is 0.171. The van der Waals surface area contributed by atoms with Crippen LogP contribution in [0.3, 0.4) is 0 Å². The summed E-state index contributed by atoms with van der Waals surface area (Å²) in [6, 6.07) is 17.9. The number of furan rings is 1. The molecule has 4 rings (SSSR count). The van der Waals surface area contributed by atoms with Crippen LogP contribution in [0, 0.1) is 0 Å². The van der Waals surface area contributed by atoms with Crippen LogP contribution in [0.4, 0.5) is 0 Å². The van der Waals surface area contributed by atoms with Gasteiger partial charge in [-0.05, 0) is 24.3 Å². The number of carbonyl (C=O) groups excluding carboxylic acids is 1. The second kappa shape index (κ2) is 8.30. The van der Waals surface area contributed by atoms with Gasteiger partial charge in [-0.3, -0.25) is 9.59 Å². The lowest BCUT2D eigenvalue weighted by molar-refractivity contribution is -0.122. The van der Waals surface area contributed by atoms with Crippen LogP contribution in [0.2, 0.25) is 0 Å². The minimum Gasteiger partial charge on any atom is -0.463 e. The Bertz CT molecular complexity index is 1170. The molecule has 0 saturated heterocycles. The van der Waals surface area contributed by atoms with Gasteiger partial charge >= 0.3 is 0 Å². The third kappa shape index (κ3) is 4.44. The molecule has 8 heteroatoms. The Balaban J connectivity index is 1.42. The van der Waals surface area contributed by atoms with Crippen molar-refractivity contribution in [2.24, 2.45) is 0 Å². The van der Waals surface area contributed by atoms with E-state index < -0.39 is 0 Å². The first kappa shape index (κ1) is 18.3. The van der Waals surface area contributed by atoms with Crippen molar-refractivity contribution in [3.63, 3.8) is 0 Å². The zero-order valence-corrected chi connectivity index (χ0v) is 15.4. The highest BCUT2D eigenvalue weighted by Crippen LogP contribution is 2.16. The molecule has 0 bridgehead atoms. The standard InChI is InChI=1S/C21H17N5O3/c27-20(13-26-21(28)9-8-17(25-26)19-7-4-10-29-19)22-12-16-11-18(24-14-23-16)15-5-2-1-3-6-15/h1-11,14H,12-13H2,(H,22,27). The number of nitrogens with one attached hydrogen (secondary N) is 1. The number of hydrogen-bond donors (Lipinski definition) is 1. The molecule has 29 heavy (non-hydrogen) atoms. The largest absolute Gasteiger partial charge is 0.463 e. The number of benzene rings is 1. The van der Waals surface area contributed by atoms with Crippen molar-refractivity contribution in [1.82, 2.24) is 25.1 Å². The van der Waals surface area contributed by atoms with E-state index in [1.54, 1.807) is 18.2 Å². The van der Waals surface area contributed by atoms with Crippen molar-refractivity contribution in [2.45, 2.75) is 13.1 Å². The van der Waals surface area contributed by atoms with E-state index >= 15 is 0 Å². The van der Waals surface area contributed by atoms with E-state index in [9.17, 15) is 9.59 Å². The number of nitrogens with zero attached hydrogens (tertiary/aromatic N) is 4. The number of hydrogen-bond acceptors (Lipinski definition) is 6. The highest BCUT2D eigenvalue weighted by Gasteiger charge is 2.10. The third-order valence-electron chi connectivity index (χ3n) is 4.19. The fourth-order valence-electron chi connectivity index (χ4n) is 2.76. The van der Waals surface area contributed by atoms with Gasteiger partial charge in [0.05, 0.1) is 24.2 Å². The maximum Gasteiger partial charge on any atom is 0.267 e. The third-order valence-corrected chi connectivity index (χ3v) is 4.19. The predicted molar refractivity (Wildman–Crippen MR) is 106 cm³/mol. The van der Waals surface area contributed by atoms with Gasteiger partial charge in [-0.25, -0.2) is 14.6 Å². The van der Waals surface area contributed by atoms with Crippen molar-refractivity contribution in [3.8, 4) is 22.7 Å². The second-order valence-corrected chi connectivity index (χ2v) is 6.23. The summed E-state index contributed by atoms with van der Waals surface area (Å²) in [5, 5.41) is 6.94. The van der Waals surface area contributed by atoms with E-state index in [2.05, 4.69) is 20.4 Å². The highest BCUT2D eigenvalue weighted by molar-refractivity contribution is 5.75. The first-order valence-corrected chi connectivity index (χ1v) is 8.94. The summed E-state index contributed by atoms with van der Waals surface area (Å²) in [4.78, 5) is 32.8. The topological polar surface area (TPSA) is 103 Å².